The van der Waals surface area contributed by atoms with Gasteiger partial charge in [0.05, 0.1) is 22.2 Å². The molecule has 0 aliphatic heterocycles. The van der Waals surface area contributed by atoms with E-state index >= 15 is 4.39 Å². The summed E-state index contributed by atoms with van der Waals surface area (Å²) < 4.78 is 48.3. The van der Waals surface area contributed by atoms with Gasteiger partial charge in [-0.1, -0.05) is 17.0 Å². The maximum absolute atomic E-state index is 15.3. The number of nitrogens with one attached hydrogen (secondary N) is 1. The second-order valence-corrected chi connectivity index (χ2v) is 7.48. The molecular weight excluding hydrogens is 467 g/mol. The maximum atomic E-state index is 15.3. The van der Waals surface area contributed by atoms with Gasteiger partial charge in [0, 0.05) is 12.6 Å². The topological polar surface area (TPSA) is 145 Å². The van der Waals surface area contributed by atoms with Crippen LogP contribution < -0.4 is 11.1 Å². The molecule has 0 aliphatic carbocycles. The minimum atomic E-state index is -3.01. The van der Waals surface area contributed by atoms with Crippen LogP contribution >= 0.6 is 0 Å². The third kappa shape index (κ3) is 4.38. The van der Waals surface area contributed by atoms with Gasteiger partial charge < -0.3 is 20.7 Å². The molecular formula is C22H18F3N7O3. The van der Waals surface area contributed by atoms with Gasteiger partial charge >= 0.3 is 0 Å². The zero-order valence-corrected chi connectivity index (χ0v) is 18.4. The van der Waals surface area contributed by atoms with E-state index in [2.05, 4.69) is 37.4 Å². The first-order valence-corrected chi connectivity index (χ1v) is 10.2. The van der Waals surface area contributed by atoms with Gasteiger partial charge in [-0.15, -0.1) is 0 Å². The molecule has 0 spiro atoms. The minimum Gasteiger partial charge on any atom is -0.383 e. The first-order chi connectivity index (χ1) is 16.6. The number of aliphatic hydroxyl groups is 1. The fourth-order valence-corrected chi connectivity index (χ4v) is 3.29. The molecule has 1 amide bonds. The first kappa shape index (κ1) is 23.7. The van der Waals surface area contributed by atoms with Crippen molar-refractivity contribution in [2.75, 3.05) is 12.3 Å². The van der Waals surface area contributed by atoms with Crippen LogP contribution in [0.25, 0.3) is 16.7 Å². The van der Waals surface area contributed by atoms with Crippen molar-refractivity contribution < 1.29 is 27.6 Å². The number of carbonyl (C=O) groups is 1. The highest BCUT2D eigenvalue weighted by molar-refractivity contribution is 5.96. The lowest BCUT2D eigenvalue weighted by atomic mass is 10.0. The summed E-state index contributed by atoms with van der Waals surface area (Å²) in [7, 11) is 0. The molecule has 10 nitrogen and oxygen atoms in total. The molecule has 0 aliphatic rings. The van der Waals surface area contributed by atoms with Gasteiger partial charge in [-0.2, -0.15) is 5.10 Å². The smallest absolute Gasteiger partial charge is 0.282 e. The third-order valence-electron chi connectivity index (χ3n) is 4.99. The van der Waals surface area contributed by atoms with E-state index in [9.17, 15) is 18.7 Å². The van der Waals surface area contributed by atoms with Gasteiger partial charge in [0.2, 0.25) is 0 Å². The normalized spacial score (nSPS) is 12.9. The van der Waals surface area contributed by atoms with E-state index in [1.165, 1.54) is 25.3 Å². The zero-order chi connectivity index (χ0) is 25.3. The van der Waals surface area contributed by atoms with Crippen LogP contribution in [-0.4, -0.2) is 42.5 Å². The summed E-state index contributed by atoms with van der Waals surface area (Å²) in [5.74, 6) is 3.01. The summed E-state index contributed by atoms with van der Waals surface area (Å²) in [5.41, 5.74) is 2.57. The number of alkyl halides is 2. The number of nitrogens with two attached hydrogens (primary N) is 1. The van der Waals surface area contributed by atoms with Crippen LogP contribution in [0.15, 0.2) is 35.3 Å². The number of amides is 1. The molecule has 0 unspecified atom stereocenters. The van der Waals surface area contributed by atoms with Gasteiger partial charge in [0.15, 0.2) is 17.1 Å². The highest BCUT2D eigenvalue weighted by Gasteiger charge is 2.26. The van der Waals surface area contributed by atoms with Crippen molar-refractivity contribution >= 4 is 22.8 Å². The number of anilines is 1. The standard InChI is InChI=1S/C22H18F3N7O3/c1-3-27-21(33)13-9-12(32-20-15(17(30-32)18(24)25)19(26)28-10-29-20)8-11(16(13)23)4-6-22(2,34)14-5-7-35-31-14/h5,7-10,18,34H,3H2,1-2H3,(H,27,33)(H2,26,28,29)/t22-/m1/s1. The Labute approximate surface area is 195 Å². The molecule has 0 bridgehead atoms. The van der Waals surface area contributed by atoms with Gasteiger partial charge in [0.1, 0.15) is 29.8 Å². The van der Waals surface area contributed by atoms with Crippen LogP contribution in [0, 0.1) is 17.7 Å². The molecule has 35 heavy (non-hydrogen) atoms. The van der Waals surface area contributed by atoms with E-state index in [1.54, 1.807) is 6.92 Å². The highest BCUT2D eigenvalue weighted by atomic mass is 19.3. The number of carbonyl (C=O) groups excluding carboxylic acids is 1. The number of aromatic nitrogens is 5. The lowest BCUT2D eigenvalue weighted by molar-refractivity contribution is 0.0951. The third-order valence-corrected chi connectivity index (χ3v) is 4.99. The molecule has 4 aromatic rings. The van der Waals surface area contributed by atoms with Crippen molar-refractivity contribution in [3.05, 3.63) is 59.1 Å². The number of hydrogen-bond donors (Lipinski definition) is 3. The van der Waals surface area contributed by atoms with Crippen LogP contribution in [0.2, 0.25) is 0 Å². The Bertz CT molecular complexity index is 1470. The average molecular weight is 485 g/mol. The van der Waals surface area contributed by atoms with Crippen molar-refractivity contribution in [2.24, 2.45) is 0 Å². The Balaban J connectivity index is 1.95. The molecule has 0 fully saturated rings. The highest BCUT2D eigenvalue weighted by Crippen LogP contribution is 2.31. The summed E-state index contributed by atoms with van der Waals surface area (Å²) in [6, 6.07) is 3.69. The number of nitrogen functional groups attached to an aromatic ring is 1. The summed E-state index contributed by atoms with van der Waals surface area (Å²) in [4.78, 5) is 20.3. The Hall–Kier alpha value is -4.44. The number of nitrogens with zero attached hydrogens (tertiary/aromatic N) is 5. The Kier molecular flexibility index (Phi) is 6.14. The number of halogens is 3. The summed E-state index contributed by atoms with van der Waals surface area (Å²) in [6.07, 6.45) is -0.710. The number of benzene rings is 1. The zero-order valence-electron chi connectivity index (χ0n) is 18.4. The lowest BCUT2D eigenvalue weighted by Crippen LogP contribution is -2.24. The van der Waals surface area contributed by atoms with Crippen molar-refractivity contribution in [3.8, 4) is 17.5 Å². The van der Waals surface area contributed by atoms with E-state index in [4.69, 9.17) is 10.3 Å². The predicted octanol–water partition coefficient (Wildman–Crippen LogP) is 2.47. The molecule has 3 heterocycles. The van der Waals surface area contributed by atoms with Crippen molar-refractivity contribution in [1.29, 1.82) is 0 Å². The van der Waals surface area contributed by atoms with E-state index in [1.807, 2.05) is 0 Å². The molecule has 0 radical (unpaired) electrons. The van der Waals surface area contributed by atoms with Crippen molar-refractivity contribution in [3.63, 3.8) is 0 Å². The number of hydrogen-bond acceptors (Lipinski definition) is 8. The molecule has 0 saturated heterocycles. The van der Waals surface area contributed by atoms with Gasteiger partial charge in [-0.25, -0.2) is 27.8 Å². The summed E-state index contributed by atoms with van der Waals surface area (Å²) in [6.45, 7) is 3.17. The van der Waals surface area contributed by atoms with Crippen LogP contribution in [0.5, 0.6) is 0 Å². The molecule has 1 atom stereocenters. The fourth-order valence-electron chi connectivity index (χ4n) is 3.29. The monoisotopic (exact) mass is 485 g/mol. The quantitative estimate of drug-likeness (QED) is 0.366. The Morgan fingerprint density at radius 3 is 2.80 bits per heavy atom. The van der Waals surface area contributed by atoms with Crippen molar-refractivity contribution in [2.45, 2.75) is 25.9 Å². The first-order valence-electron chi connectivity index (χ1n) is 10.2. The Morgan fingerprint density at radius 2 is 2.14 bits per heavy atom. The van der Waals surface area contributed by atoms with Crippen LogP contribution in [0.4, 0.5) is 19.0 Å². The van der Waals surface area contributed by atoms with Gasteiger partial charge in [0.25, 0.3) is 12.3 Å². The molecule has 3 aromatic heterocycles. The van der Waals surface area contributed by atoms with E-state index in [0.29, 0.717) is 0 Å². The molecule has 4 N–H and O–H groups in total. The van der Waals surface area contributed by atoms with Crippen LogP contribution in [-0.2, 0) is 5.60 Å². The maximum Gasteiger partial charge on any atom is 0.282 e. The fraction of sp³-hybridized carbons (Fsp3) is 0.227. The molecule has 180 valence electrons. The second kappa shape index (κ2) is 9.07. The number of fused-ring (bicyclic) bond motifs is 1. The van der Waals surface area contributed by atoms with Gasteiger partial charge in [-0.05, 0) is 26.0 Å². The van der Waals surface area contributed by atoms with Crippen LogP contribution in [0.3, 0.4) is 0 Å². The van der Waals surface area contributed by atoms with E-state index < -0.39 is 35.0 Å². The molecule has 0 saturated carbocycles. The molecule has 1 aromatic carbocycles. The lowest BCUT2D eigenvalue weighted by Gasteiger charge is -2.12. The van der Waals surface area contributed by atoms with E-state index in [0.717, 1.165) is 17.1 Å². The summed E-state index contributed by atoms with van der Waals surface area (Å²) in [5, 5.41) is 20.4. The summed E-state index contributed by atoms with van der Waals surface area (Å²) >= 11 is 0. The van der Waals surface area contributed by atoms with Crippen molar-refractivity contribution in [1.82, 2.24) is 30.2 Å². The Morgan fingerprint density at radius 1 is 1.37 bits per heavy atom. The van der Waals surface area contributed by atoms with Gasteiger partial charge in [-0.3, -0.25) is 4.79 Å². The van der Waals surface area contributed by atoms with Crippen LogP contribution in [0.1, 0.15) is 47.6 Å². The predicted molar refractivity (Wildman–Crippen MR) is 117 cm³/mol. The SMILES string of the molecule is CCNC(=O)c1cc(-n2nc(C(F)F)c3c(N)ncnc32)cc(C#C[C@@](C)(O)c2ccon2)c1F. The number of rotatable bonds is 5. The molecule has 4 rings (SSSR count). The molecule has 13 heteroatoms. The second-order valence-electron chi connectivity index (χ2n) is 7.48. The minimum absolute atomic E-state index is 0.00744. The average Bonchev–Trinajstić information content (AvgIpc) is 3.48. The largest absolute Gasteiger partial charge is 0.383 e. The van der Waals surface area contributed by atoms with E-state index in [-0.39, 0.29) is 40.3 Å².